The molecule has 33 heavy (non-hydrogen) atoms. The van der Waals surface area contributed by atoms with Crippen molar-refractivity contribution in [3.8, 4) is 5.75 Å². The van der Waals surface area contributed by atoms with Gasteiger partial charge in [-0.05, 0) is 36.6 Å². The number of anilines is 1. The lowest BCUT2D eigenvalue weighted by Gasteiger charge is -2.36. The van der Waals surface area contributed by atoms with E-state index in [1.165, 1.54) is 17.5 Å². The second kappa shape index (κ2) is 9.81. The van der Waals surface area contributed by atoms with Crippen LogP contribution in [0.1, 0.15) is 29.0 Å². The van der Waals surface area contributed by atoms with E-state index in [2.05, 4.69) is 63.2 Å². The third kappa shape index (κ3) is 4.97. The molecule has 6 nitrogen and oxygen atoms in total. The molecule has 2 fully saturated rings. The summed E-state index contributed by atoms with van der Waals surface area (Å²) in [7, 11) is 0. The van der Waals surface area contributed by atoms with Gasteiger partial charge in [0.25, 0.3) is 0 Å². The molecule has 2 aromatic carbocycles. The summed E-state index contributed by atoms with van der Waals surface area (Å²) in [5, 5.41) is 10.9. The summed E-state index contributed by atoms with van der Waals surface area (Å²) < 4.78 is 5.34. The Morgan fingerprint density at radius 2 is 1.55 bits per heavy atom. The van der Waals surface area contributed by atoms with Crippen LogP contribution in [0.2, 0.25) is 0 Å². The molecule has 2 aliphatic heterocycles. The molecule has 3 aromatic rings. The highest BCUT2D eigenvalue weighted by Gasteiger charge is 2.27. The molecule has 3 heterocycles. The van der Waals surface area contributed by atoms with Gasteiger partial charge in [0.1, 0.15) is 12.0 Å². The molecule has 1 aromatic heterocycles. The van der Waals surface area contributed by atoms with Gasteiger partial charge in [-0.1, -0.05) is 48.5 Å². The number of para-hydroxylation sites is 1. The van der Waals surface area contributed by atoms with Crippen molar-refractivity contribution in [2.24, 2.45) is 0 Å². The Labute approximate surface area is 194 Å². The fraction of sp³-hybridized carbons (Fsp3) is 0.370. The van der Waals surface area contributed by atoms with Crippen LogP contribution in [0, 0.1) is 0 Å². The minimum atomic E-state index is -0.437. The monoisotopic (exact) mass is 445 g/mol. The quantitative estimate of drug-likeness (QED) is 0.625. The molecule has 1 unspecified atom stereocenters. The highest BCUT2D eigenvalue weighted by Crippen LogP contribution is 2.30. The van der Waals surface area contributed by atoms with Crippen LogP contribution in [0.4, 0.5) is 5.69 Å². The molecule has 0 bridgehead atoms. The van der Waals surface area contributed by atoms with Crippen molar-refractivity contribution in [2.75, 3.05) is 44.2 Å². The van der Waals surface area contributed by atoms with Gasteiger partial charge in [0.05, 0.1) is 5.56 Å². The lowest BCUT2D eigenvalue weighted by Crippen LogP contribution is -2.46. The van der Waals surface area contributed by atoms with Crippen molar-refractivity contribution >= 4 is 5.69 Å². The van der Waals surface area contributed by atoms with Gasteiger partial charge in [0, 0.05) is 57.1 Å². The molecule has 0 saturated carbocycles. The molecule has 0 radical (unpaired) electrons. The smallest absolute Gasteiger partial charge is 0.343 e. The Kier molecular flexibility index (Phi) is 6.46. The summed E-state index contributed by atoms with van der Waals surface area (Å²) in [5.41, 5.74) is 3.21. The standard InChI is InChI=1S/C27H31N3O3/c31-26-23(18-28-13-15-30(16-14-28)24-9-5-2-6-10-24)20-33-27(32)25(26)19-29-12-11-22(17-29)21-7-3-1-4-8-21/h1-10,20,22,31H,11-19H2. The topological polar surface area (TPSA) is 60.2 Å². The summed E-state index contributed by atoms with van der Waals surface area (Å²) in [5.74, 6) is 0.560. The van der Waals surface area contributed by atoms with Crippen molar-refractivity contribution in [3.63, 3.8) is 0 Å². The maximum Gasteiger partial charge on any atom is 0.343 e. The highest BCUT2D eigenvalue weighted by molar-refractivity contribution is 5.46. The van der Waals surface area contributed by atoms with Gasteiger partial charge in [0.15, 0.2) is 0 Å². The van der Waals surface area contributed by atoms with E-state index in [0.717, 1.165) is 45.7 Å². The van der Waals surface area contributed by atoms with E-state index in [4.69, 9.17) is 4.42 Å². The lowest BCUT2D eigenvalue weighted by atomic mass is 9.99. The molecule has 0 spiro atoms. The van der Waals surface area contributed by atoms with Crippen molar-refractivity contribution in [1.29, 1.82) is 0 Å². The van der Waals surface area contributed by atoms with Gasteiger partial charge in [0.2, 0.25) is 0 Å². The normalized spacial score (nSPS) is 19.8. The van der Waals surface area contributed by atoms with Gasteiger partial charge in [-0.25, -0.2) is 4.79 Å². The second-order valence-corrected chi connectivity index (χ2v) is 9.11. The van der Waals surface area contributed by atoms with Crippen LogP contribution >= 0.6 is 0 Å². The maximum absolute atomic E-state index is 12.4. The second-order valence-electron chi connectivity index (χ2n) is 9.11. The Hall–Kier alpha value is -3.09. The predicted octanol–water partition coefficient (Wildman–Crippen LogP) is 3.66. The summed E-state index contributed by atoms with van der Waals surface area (Å²) in [6.45, 7) is 6.46. The molecule has 0 aliphatic carbocycles. The first kappa shape index (κ1) is 21.7. The zero-order valence-electron chi connectivity index (χ0n) is 18.9. The molecule has 2 saturated heterocycles. The Morgan fingerprint density at radius 3 is 2.27 bits per heavy atom. The Bertz CT molecular complexity index is 1110. The van der Waals surface area contributed by atoms with Gasteiger partial charge < -0.3 is 14.4 Å². The molecule has 172 valence electrons. The van der Waals surface area contributed by atoms with Crippen molar-refractivity contribution in [1.82, 2.24) is 9.80 Å². The van der Waals surface area contributed by atoms with E-state index in [9.17, 15) is 9.90 Å². The number of hydrogen-bond donors (Lipinski definition) is 1. The number of hydrogen-bond acceptors (Lipinski definition) is 6. The third-order valence-corrected chi connectivity index (χ3v) is 6.96. The highest BCUT2D eigenvalue weighted by atomic mass is 16.4. The molecule has 6 heteroatoms. The average molecular weight is 446 g/mol. The van der Waals surface area contributed by atoms with Gasteiger partial charge >= 0.3 is 5.63 Å². The number of piperazine rings is 1. The van der Waals surface area contributed by atoms with E-state index >= 15 is 0 Å². The van der Waals surface area contributed by atoms with Gasteiger partial charge in [-0.15, -0.1) is 0 Å². The minimum absolute atomic E-state index is 0.0971. The molecule has 2 aliphatic rings. The van der Waals surface area contributed by atoms with Crippen molar-refractivity contribution < 1.29 is 9.52 Å². The van der Waals surface area contributed by atoms with Gasteiger partial charge in [-0.2, -0.15) is 0 Å². The maximum atomic E-state index is 12.4. The van der Waals surface area contributed by atoms with E-state index < -0.39 is 5.63 Å². The molecule has 5 rings (SSSR count). The molecule has 0 amide bonds. The van der Waals surface area contributed by atoms with Crippen LogP contribution in [-0.2, 0) is 13.1 Å². The average Bonchev–Trinajstić information content (AvgIpc) is 3.34. The van der Waals surface area contributed by atoms with Crippen LogP contribution in [0.5, 0.6) is 5.75 Å². The van der Waals surface area contributed by atoms with Crippen molar-refractivity contribution in [3.05, 3.63) is 94.0 Å². The zero-order chi connectivity index (χ0) is 22.6. The van der Waals surface area contributed by atoms with Crippen LogP contribution in [0.3, 0.4) is 0 Å². The minimum Gasteiger partial charge on any atom is -0.507 e. The molecular formula is C27H31N3O3. The van der Waals surface area contributed by atoms with E-state index in [-0.39, 0.29) is 5.75 Å². The third-order valence-electron chi connectivity index (χ3n) is 6.96. The van der Waals surface area contributed by atoms with E-state index in [0.29, 0.717) is 30.1 Å². The van der Waals surface area contributed by atoms with Crippen molar-refractivity contribution in [2.45, 2.75) is 25.4 Å². The number of likely N-dealkylation sites (tertiary alicyclic amines) is 1. The largest absolute Gasteiger partial charge is 0.507 e. The first-order valence-electron chi connectivity index (χ1n) is 11.8. The number of benzene rings is 2. The summed E-state index contributed by atoms with van der Waals surface area (Å²) in [4.78, 5) is 19.4. The zero-order valence-corrected chi connectivity index (χ0v) is 18.9. The Balaban J connectivity index is 1.22. The SMILES string of the molecule is O=c1occ(CN2CCN(c3ccccc3)CC2)c(O)c1CN1CCC(c2ccccc2)C1. The van der Waals surface area contributed by atoms with Gasteiger partial charge in [-0.3, -0.25) is 9.80 Å². The first-order valence-corrected chi connectivity index (χ1v) is 11.8. The summed E-state index contributed by atoms with van der Waals surface area (Å²) >= 11 is 0. The fourth-order valence-corrected chi connectivity index (χ4v) is 5.03. The van der Waals surface area contributed by atoms with E-state index in [1.54, 1.807) is 0 Å². The Morgan fingerprint density at radius 1 is 0.848 bits per heavy atom. The predicted molar refractivity (Wildman–Crippen MR) is 130 cm³/mol. The fourth-order valence-electron chi connectivity index (χ4n) is 5.03. The number of aromatic hydroxyl groups is 1. The molecule has 1 atom stereocenters. The number of rotatable bonds is 6. The first-order chi connectivity index (χ1) is 16.2. The summed E-state index contributed by atoms with van der Waals surface area (Å²) in [6.07, 6.45) is 2.49. The number of nitrogens with zero attached hydrogens (tertiary/aromatic N) is 3. The molecule has 1 N–H and O–H groups in total. The van der Waals surface area contributed by atoms with Crippen LogP contribution < -0.4 is 10.5 Å². The van der Waals surface area contributed by atoms with Crippen LogP contribution in [0.25, 0.3) is 0 Å². The lowest BCUT2D eigenvalue weighted by molar-refractivity contribution is 0.241. The van der Waals surface area contributed by atoms with Crippen LogP contribution in [0.15, 0.2) is 76.1 Å². The summed E-state index contributed by atoms with van der Waals surface area (Å²) in [6, 6.07) is 20.9. The molecular weight excluding hydrogens is 414 g/mol. The van der Waals surface area contributed by atoms with Crippen LogP contribution in [-0.4, -0.2) is 54.2 Å². The van der Waals surface area contributed by atoms with E-state index in [1.807, 2.05) is 12.1 Å².